The van der Waals surface area contributed by atoms with E-state index in [1.807, 2.05) is 30.3 Å². The molecule has 0 spiro atoms. The highest BCUT2D eigenvalue weighted by Gasteiger charge is 2.34. The highest BCUT2D eigenvalue weighted by atomic mass is 16.4. The topological polar surface area (TPSA) is 70.5 Å². The summed E-state index contributed by atoms with van der Waals surface area (Å²) in [5.41, 5.74) is 1.83. The summed E-state index contributed by atoms with van der Waals surface area (Å²) < 4.78 is 0. The molecule has 2 heterocycles. The smallest absolute Gasteiger partial charge is 0.308 e. The van der Waals surface area contributed by atoms with Crippen LogP contribution in [-0.2, 0) is 16.1 Å². The molecule has 0 radical (unpaired) electrons. The largest absolute Gasteiger partial charge is 0.481 e. The van der Waals surface area contributed by atoms with E-state index in [9.17, 15) is 9.59 Å². The maximum atomic E-state index is 11.8. The molecule has 1 aliphatic rings. The van der Waals surface area contributed by atoms with Gasteiger partial charge in [-0.2, -0.15) is 0 Å². The fraction of sp³-hybridized carbons (Fsp3) is 0.267. The molecule has 1 amide bonds. The number of aliphatic carboxylic acids is 1. The van der Waals surface area contributed by atoms with Gasteiger partial charge in [0.2, 0.25) is 5.91 Å². The van der Waals surface area contributed by atoms with Crippen molar-refractivity contribution in [1.82, 2.24) is 9.88 Å². The highest BCUT2D eigenvalue weighted by Crippen LogP contribution is 2.21. The van der Waals surface area contributed by atoms with Gasteiger partial charge in [-0.05, 0) is 17.7 Å². The lowest BCUT2D eigenvalue weighted by Gasteiger charge is -2.16. The first-order chi connectivity index (χ1) is 9.63. The van der Waals surface area contributed by atoms with Gasteiger partial charge < -0.3 is 10.0 Å². The van der Waals surface area contributed by atoms with E-state index in [0.29, 0.717) is 6.54 Å². The lowest BCUT2D eigenvalue weighted by Crippen LogP contribution is -2.25. The van der Waals surface area contributed by atoms with Crippen LogP contribution >= 0.6 is 0 Å². The Morgan fingerprint density at radius 1 is 1.40 bits per heavy atom. The van der Waals surface area contributed by atoms with Crippen LogP contribution in [0.1, 0.15) is 12.0 Å². The van der Waals surface area contributed by atoms with Crippen LogP contribution in [0, 0.1) is 5.92 Å². The average Bonchev–Trinajstić information content (AvgIpc) is 2.80. The molecule has 0 aliphatic carbocycles. The van der Waals surface area contributed by atoms with Crippen molar-refractivity contribution < 1.29 is 14.7 Å². The first-order valence-electron chi connectivity index (χ1n) is 6.48. The van der Waals surface area contributed by atoms with Crippen LogP contribution in [0.5, 0.6) is 0 Å². The quantitative estimate of drug-likeness (QED) is 0.921. The minimum absolute atomic E-state index is 0.0936. The average molecular weight is 270 g/mol. The Morgan fingerprint density at radius 3 is 2.95 bits per heavy atom. The number of amides is 1. The van der Waals surface area contributed by atoms with Gasteiger partial charge in [-0.25, -0.2) is 0 Å². The zero-order valence-electron chi connectivity index (χ0n) is 10.8. The molecule has 1 atom stereocenters. The number of benzene rings is 1. The van der Waals surface area contributed by atoms with Crippen molar-refractivity contribution in [3.63, 3.8) is 0 Å². The molecule has 1 aromatic carbocycles. The minimum atomic E-state index is -0.905. The van der Waals surface area contributed by atoms with Gasteiger partial charge in [0.25, 0.3) is 0 Å². The van der Waals surface area contributed by atoms with E-state index < -0.39 is 11.9 Å². The van der Waals surface area contributed by atoms with Gasteiger partial charge in [0.1, 0.15) is 0 Å². The van der Waals surface area contributed by atoms with Crippen LogP contribution in [0.3, 0.4) is 0 Å². The summed E-state index contributed by atoms with van der Waals surface area (Å²) in [5.74, 6) is -1.60. The van der Waals surface area contributed by atoms with Gasteiger partial charge in [0.05, 0.1) is 11.4 Å². The van der Waals surface area contributed by atoms with Crippen molar-refractivity contribution in [2.24, 2.45) is 5.92 Å². The van der Waals surface area contributed by atoms with Crippen LogP contribution < -0.4 is 0 Å². The number of likely N-dealkylation sites (tertiary alicyclic amines) is 1. The standard InChI is InChI=1S/C15H14N2O3/c18-14-6-12(15(19)20)9-17(14)8-10-5-11-3-1-2-4-13(11)16-7-10/h1-5,7,12H,6,8-9H2,(H,19,20). The molecule has 1 fully saturated rings. The third-order valence-corrected chi connectivity index (χ3v) is 3.58. The number of carbonyl (C=O) groups is 2. The van der Waals surface area contributed by atoms with Crippen LogP contribution in [0.2, 0.25) is 0 Å². The number of carboxylic acid groups (broad SMARTS) is 1. The Morgan fingerprint density at radius 2 is 2.20 bits per heavy atom. The van der Waals surface area contributed by atoms with Crippen molar-refractivity contribution in [3.05, 3.63) is 42.1 Å². The first-order valence-corrected chi connectivity index (χ1v) is 6.48. The third kappa shape index (κ3) is 2.34. The molecule has 0 saturated carbocycles. The molecule has 20 heavy (non-hydrogen) atoms. The second-order valence-electron chi connectivity index (χ2n) is 5.05. The molecule has 1 aromatic heterocycles. The van der Waals surface area contributed by atoms with Gasteiger partial charge in [-0.1, -0.05) is 18.2 Å². The number of rotatable bonds is 3. The number of hydrogen-bond donors (Lipinski definition) is 1. The first kappa shape index (κ1) is 12.6. The Labute approximate surface area is 115 Å². The number of carbonyl (C=O) groups excluding carboxylic acids is 1. The van der Waals surface area contributed by atoms with Gasteiger partial charge in [-0.15, -0.1) is 0 Å². The molecule has 3 rings (SSSR count). The number of aromatic nitrogens is 1. The van der Waals surface area contributed by atoms with Crippen LogP contribution in [-0.4, -0.2) is 33.4 Å². The lowest BCUT2D eigenvalue weighted by atomic mass is 10.1. The van der Waals surface area contributed by atoms with Crippen molar-refractivity contribution in [3.8, 4) is 0 Å². The van der Waals surface area contributed by atoms with Crippen molar-refractivity contribution in [2.45, 2.75) is 13.0 Å². The molecular weight excluding hydrogens is 256 g/mol. The zero-order chi connectivity index (χ0) is 14.1. The third-order valence-electron chi connectivity index (χ3n) is 3.58. The summed E-state index contributed by atoms with van der Waals surface area (Å²) in [4.78, 5) is 28.7. The van der Waals surface area contributed by atoms with Gasteiger partial charge in [0.15, 0.2) is 0 Å². The SMILES string of the molecule is O=C(O)C1CC(=O)N(Cc2cnc3ccccc3c2)C1. The van der Waals surface area contributed by atoms with E-state index in [1.54, 1.807) is 11.1 Å². The highest BCUT2D eigenvalue weighted by molar-refractivity contribution is 5.86. The summed E-state index contributed by atoms with van der Waals surface area (Å²) >= 11 is 0. The Hall–Kier alpha value is -2.43. The summed E-state index contributed by atoms with van der Waals surface area (Å²) in [6.07, 6.45) is 1.83. The van der Waals surface area contributed by atoms with Gasteiger partial charge >= 0.3 is 5.97 Å². The van der Waals surface area contributed by atoms with Gasteiger partial charge in [0, 0.05) is 31.1 Å². The predicted octanol–water partition coefficient (Wildman–Crippen LogP) is 1.67. The van der Waals surface area contributed by atoms with E-state index >= 15 is 0 Å². The summed E-state index contributed by atoms with van der Waals surface area (Å²) in [5, 5.41) is 9.98. The van der Waals surface area contributed by atoms with E-state index in [0.717, 1.165) is 16.5 Å². The molecule has 0 bridgehead atoms. The maximum absolute atomic E-state index is 11.8. The fourth-order valence-corrected chi connectivity index (χ4v) is 2.51. The Balaban J connectivity index is 1.79. The van der Waals surface area contributed by atoms with Crippen LogP contribution in [0.25, 0.3) is 10.9 Å². The number of pyridine rings is 1. The van der Waals surface area contributed by atoms with Crippen molar-refractivity contribution in [2.75, 3.05) is 6.54 Å². The summed E-state index contributed by atoms with van der Waals surface area (Å²) in [6, 6.07) is 9.76. The minimum Gasteiger partial charge on any atom is -0.481 e. The number of para-hydroxylation sites is 1. The molecule has 1 aliphatic heterocycles. The molecule has 102 valence electrons. The van der Waals surface area contributed by atoms with Gasteiger partial charge in [-0.3, -0.25) is 14.6 Å². The molecular formula is C15H14N2O3. The number of fused-ring (bicyclic) bond motifs is 1. The Kier molecular flexibility index (Phi) is 3.10. The maximum Gasteiger partial charge on any atom is 0.308 e. The Bertz CT molecular complexity index is 684. The molecule has 2 aromatic rings. The second kappa shape index (κ2) is 4.92. The normalized spacial score (nSPS) is 18.7. The zero-order valence-corrected chi connectivity index (χ0v) is 10.8. The van der Waals surface area contributed by atoms with E-state index in [4.69, 9.17) is 5.11 Å². The molecule has 1 N–H and O–H groups in total. The van der Waals surface area contributed by atoms with E-state index in [2.05, 4.69) is 4.98 Å². The predicted molar refractivity (Wildman–Crippen MR) is 72.9 cm³/mol. The van der Waals surface area contributed by atoms with Crippen molar-refractivity contribution in [1.29, 1.82) is 0 Å². The molecule has 1 unspecified atom stereocenters. The molecule has 1 saturated heterocycles. The lowest BCUT2D eigenvalue weighted by molar-refractivity contribution is -0.141. The summed E-state index contributed by atoms with van der Waals surface area (Å²) in [7, 11) is 0. The molecule has 5 heteroatoms. The number of hydrogen-bond acceptors (Lipinski definition) is 3. The van der Waals surface area contributed by atoms with E-state index in [-0.39, 0.29) is 18.9 Å². The van der Waals surface area contributed by atoms with Crippen molar-refractivity contribution >= 4 is 22.8 Å². The second-order valence-corrected chi connectivity index (χ2v) is 5.05. The monoisotopic (exact) mass is 270 g/mol. The number of carboxylic acids is 1. The van der Waals surface area contributed by atoms with Crippen LogP contribution in [0.4, 0.5) is 0 Å². The summed E-state index contributed by atoms with van der Waals surface area (Å²) in [6.45, 7) is 0.696. The number of nitrogens with zero attached hydrogens (tertiary/aromatic N) is 2. The van der Waals surface area contributed by atoms with E-state index in [1.165, 1.54) is 0 Å². The molecule has 5 nitrogen and oxygen atoms in total. The fourth-order valence-electron chi connectivity index (χ4n) is 2.51. The van der Waals surface area contributed by atoms with Crippen LogP contribution in [0.15, 0.2) is 36.5 Å².